The Labute approximate surface area is 391 Å². The van der Waals surface area contributed by atoms with Crippen molar-refractivity contribution in [2.45, 2.75) is 294 Å². The standard InChI is InChI=1S/C53H101NO10/c1-3-5-7-9-11-13-15-17-19-21-22-23-25-27-29-31-33-35-37-39-41-46(57)52(62)54-44(43-63-53-51(61)50(60)49(59)47(42-55)64-53)48(58)45(56)40-38-36-34-32-30-28-26-24-20-18-16-14-12-10-8-6-4-2/h24,26,32,34,44-51,53,55-61H,3-23,25,27-31,33,35-43H2,1-2H3,(H,54,62)/b26-24+,34-32+. The number of hydrogen-bond acceptors (Lipinski definition) is 10. The molecule has 11 heteroatoms. The number of rotatable bonds is 45. The van der Waals surface area contributed by atoms with Crippen molar-refractivity contribution in [3.63, 3.8) is 0 Å². The first-order valence-corrected chi connectivity index (χ1v) is 26.7. The maximum Gasteiger partial charge on any atom is 0.249 e. The van der Waals surface area contributed by atoms with Crippen molar-refractivity contribution in [2.75, 3.05) is 13.2 Å². The maximum absolute atomic E-state index is 13.1. The van der Waals surface area contributed by atoms with E-state index in [0.29, 0.717) is 19.3 Å². The molecular formula is C53H101NO10. The van der Waals surface area contributed by atoms with Gasteiger partial charge in [0.05, 0.1) is 25.4 Å². The Morgan fingerprint density at radius 1 is 0.531 bits per heavy atom. The number of unbranched alkanes of at least 4 members (excludes halogenated alkanes) is 29. The molecule has 0 radical (unpaired) electrons. The van der Waals surface area contributed by atoms with Crippen LogP contribution in [-0.4, -0.2) is 110 Å². The van der Waals surface area contributed by atoms with E-state index >= 15 is 0 Å². The van der Waals surface area contributed by atoms with E-state index < -0.39 is 74.2 Å². The SMILES string of the molecule is CCCCCCCCCC/C=C/CC/C=C/CCCC(O)C(O)C(COC1OC(CO)C(O)C(O)C1O)NC(=O)C(O)CCCCCCCCCCCCCCCCCCCCCC. The summed E-state index contributed by atoms with van der Waals surface area (Å²) in [6.07, 6.45) is 38.0. The van der Waals surface area contributed by atoms with Gasteiger partial charge in [0.15, 0.2) is 6.29 Å². The summed E-state index contributed by atoms with van der Waals surface area (Å²) in [5.74, 6) is -0.707. The van der Waals surface area contributed by atoms with Crippen LogP contribution in [0.15, 0.2) is 24.3 Å². The number of hydrogen-bond donors (Lipinski definition) is 8. The average Bonchev–Trinajstić information content (AvgIpc) is 3.29. The van der Waals surface area contributed by atoms with Crippen LogP contribution in [0.25, 0.3) is 0 Å². The molecule has 1 amide bonds. The molecule has 378 valence electrons. The first-order valence-electron chi connectivity index (χ1n) is 26.7. The van der Waals surface area contributed by atoms with Gasteiger partial charge < -0.3 is 50.5 Å². The second-order valence-corrected chi connectivity index (χ2v) is 18.9. The summed E-state index contributed by atoms with van der Waals surface area (Å²) < 4.78 is 11.1. The van der Waals surface area contributed by atoms with Crippen LogP contribution in [0.4, 0.5) is 0 Å². The Morgan fingerprint density at radius 2 is 0.938 bits per heavy atom. The summed E-state index contributed by atoms with van der Waals surface area (Å²) in [5.41, 5.74) is 0. The number of aliphatic hydroxyl groups is 7. The van der Waals surface area contributed by atoms with Gasteiger partial charge in [-0.15, -0.1) is 0 Å². The highest BCUT2D eigenvalue weighted by Crippen LogP contribution is 2.23. The molecule has 0 aliphatic carbocycles. The minimum absolute atomic E-state index is 0.248. The Morgan fingerprint density at radius 3 is 1.39 bits per heavy atom. The molecule has 9 unspecified atom stereocenters. The number of carbonyl (C=O) groups is 1. The molecule has 1 aliphatic heterocycles. The molecule has 0 aromatic heterocycles. The summed E-state index contributed by atoms with van der Waals surface area (Å²) in [5, 5.41) is 75.9. The number of amides is 1. The van der Waals surface area contributed by atoms with Gasteiger partial charge in [-0.25, -0.2) is 0 Å². The van der Waals surface area contributed by atoms with Gasteiger partial charge in [-0.1, -0.05) is 212 Å². The summed E-state index contributed by atoms with van der Waals surface area (Å²) >= 11 is 0. The number of allylic oxidation sites excluding steroid dienone is 4. The summed E-state index contributed by atoms with van der Waals surface area (Å²) in [4.78, 5) is 13.1. The van der Waals surface area contributed by atoms with Crippen LogP contribution in [0.5, 0.6) is 0 Å². The molecule has 11 nitrogen and oxygen atoms in total. The molecule has 1 aliphatic rings. The van der Waals surface area contributed by atoms with Crippen molar-refractivity contribution in [3.8, 4) is 0 Å². The smallest absolute Gasteiger partial charge is 0.249 e. The van der Waals surface area contributed by atoms with Crippen molar-refractivity contribution in [1.29, 1.82) is 0 Å². The minimum Gasteiger partial charge on any atom is -0.394 e. The van der Waals surface area contributed by atoms with Crippen molar-refractivity contribution < 1.29 is 50.0 Å². The molecule has 64 heavy (non-hydrogen) atoms. The van der Waals surface area contributed by atoms with Gasteiger partial charge >= 0.3 is 0 Å². The van der Waals surface area contributed by atoms with Crippen molar-refractivity contribution >= 4 is 5.91 Å². The fourth-order valence-corrected chi connectivity index (χ4v) is 8.58. The zero-order valence-electron chi connectivity index (χ0n) is 41.0. The quantitative estimate of drug-likeness (QED) is 0.0216. The molecule has 8 N–H and O–H groups in total. The second-order valence-electron chi connectivity index (χ2n) is 18.9. The molecule has 0 spiro atoms. The van der Waals surface area contributed by atoms with Gasteiger partial charge in [0.1, 0.15) is 36.6 Å². The molecule has 1 rings (SSSR count). The van der Waals surface area contributed by atoms with Gasteiger partial charge in [0, 0.05) is 0 Å². The van der Waals surface area contributed by atoms with Crippen LogP contribution in [0.1, 0.15) is 239 Å². The molecule has 0 aromatic rings. The predicted molar refractivity (Wildman–Crippen MR) is 261 cm³/mol. The Hall–Kier alpha value is -1.41. The van der Waals surface area contributed by atoms with E-state index in [9.17, 15) is 40.5 Å². The summed E-state index contributed by atoms with van der Waals surface area (Å²) in [6.45, 7) is 3.44. The molecule has 0 aromatic carbocycles. The zero-order chi connectivity index (χ0) is 46.9. The third kappa shape index (κ3) is 31.5. The van der Waals surface area contributed by atoms with E-state index in [1.807, 2.05) is 0 Å². The lowest BCUT2D eigenvalue weighted by atomic mass is 9.98. The monoisotopic (exact) mass is 912 g/mol. The first kappa shape index (κ1) is 60.6. The van der Waals surface area contributed by atoms with Gasteiger partial charge in [-0.05, 0) is 51.4 Å². The molecule has 1 saturated heterocycles. The van der Waals surface area contributed by atoms with Gasteiger partial charge in [-0.2, -0.15) is 0 Å². The Kier molecular flexibility index (Phi) is 40.6. The molecule has 0 saturated carbocycles. The van der Waals surface area contributed by atoms with Gasteiger partial charge in [0.25, 0.3) is 0 Å². The number of aliphatic hydroxyl groups excluding tert-OH is 7. The van der Waals surface area contributed by atoms with Crippen molar-refractivity contribution in [2.24, 2.45) is 0 Å². The zero-order valence-corrected chi connectivity index (χ0v) is 41.0. The number of carbonyl (C=O) groups excluding carboxylic acids is 1. The Bertz CT molecular complexity index is 1090. The number of ether oxygens (including phenoxy) is 2. The summed E-state index contributed by atoms with van der Waals surface area (Å²) in [6, 6.07) is -1.19. The van der Waals surface area contributed by atoms with Gasteiger partial charge in [0.2, 0.25) is 5.91 Å². The predicted octanol–water partition coefficient (Wildman–Crippen LogP) is 10.2. The summed E-state index contributed by atoms with van der Waals surface area (Å²) in [7, 11) is 0. The lowest BCUT2D eigenvalue weighted by molar-refractivity contribution is -0.303. The minimum atomic E-state index is -1.67. The van der Waals surface area contributed by atoms with Crippen LogP contribution in [-0.2, 0) is 14.3 Å². The maximum atomic E-state index is 13.1. The fourth-order valence-electron chi connectivity index (χ4n) is 8.58. The normalized spacial score (nSPS) is 21.2. The van der Waals surface area contributed by atoms with E-state index in [1.54, 1.807) is 0 Å². The average molecular weight is 912 g/mol. The highest BCUT2D eigenvalue weighted by Gasteiger charge is 2.44. The van der Waals surface area contributed by atoms with Crippen LogP contribution in [0, 0.1) is 0 Å². The third-order valence-corrected chi connectivity index (χ3v) is 13.0. The fraction of sp³-hybridized carbons (Fsp3) is 0.906. The lowest BCUT2D eigenvalue weighted by Crippen LogP contribution is -2.60. The van der Waals surface area contributed by atoms with Gasteiger partial charge in [-0.3, -0.25) is 4.79 Å². The van der Waals surface area contributed by atoms with Crippen molar-refractivity contribution in [3.05, 3.63) is 24.3 Å². The molecular weight excluding hydrogens is 811 g/mol. The molecule has 9 atom stereocenters. The number of nitrogens with one attached hydrogen (secondary N) is 1. The molecule has 0 bridgehead atoms. The van der Waals surface area contributed by atoms with Crippen molar-refractivity contribution in [1.82, 2.24) is 5.32 Å². The highest BCUT2D eigenvalue weighted by atomic mass is 16.7. The molecule has 1 heterocycles. The highest BCUT2D eigenvalue weighted by molar-refractivity contribution is 5.80. The van der Waals surface area contributed by atoms with E-state index in [1.165, 1.54) is 154 Å². The van der Waals surface area contributed by atoms with Crippen LogP contribution < -0.4 is 5.32 Å². The second kappa shape index (κ2) is 42.9. The van der Waals surface area contributed by atoms with Crippen LogP contribution >= 0.6 is 0 Å². The van der Waals surface area contributed by atoms with E-state index in [2.05, 4.69) is 43.5 Å². The van der Waals surface area contributed by atoms with E-state index in [0.717, 1.165) is 38.5 Å². The van der Waals surface area contributed by atoms with Crippen LogP contribution in [0.3, 0.4) is 0 Å². The molecule has 1 fully saturated rings. The van der Waals surface area contributed by atoms with Crippen LogP contribution in [0.2, 0.25) is 0 Å². The van der Waals surface area contributed by atoms with E-state index in [4.69, 9.17) is 9.47 Å². The topological polar surface area (TPSA) is 189 Å². The Balaban J connectivity index is 2.39. The lowest BCUT2D eigenvalue weighted by Gasteiger charge is -2.40. The first-order chi connectivity index (χ1) is 31.2. The van der Waals surface area contributed by atoms with E-state index in [-0.39, 0.29) is 12.8 Å². The largest absolute Gasteiger partial charge is 0.394 e. The third-order valence-electron chi connectivity index (χ3n) is 13.0.